The molecule has 0 atom stereocenters. The second-order valence-corrected chi connectivity index (χ2v) is 6.93. The maximum Gasteiger partial charge on any atom is 0.194 e. The van der Waals surface area contributed by atoms with Crippen molar-refractivity contribution in [3.8, 4) is 0 Å². The molecule has 0 bridgehead atoms. The third kappa shape index (κ3) is 4.33. The number of thiazole rings is 1. The Balaban J connectivity index is 1.79. The summed E-state index contributed by atoms with van der Waals surface area (Å²) in [5, 5.41) is 7.71. The molecule has 0 saturated carbocycles. The van der Waals surface area contributed by atoms with Gasteiger partial charge in [-0.15, -0.1) is 11.3 Å². The Hall–Kier alpha value is -2.47. The van der Waals surface area contributed by atoms with Crippen LogP contribution in [0.2, 0.25) is 0 Å². The quantitative estimate of drug-likeness (QED) is 0.562. The first kappa shape index (κ1) is 17.4. The van der Waals surface area contributed by atoms with Crippen LogP contribution in [-0.2, 0) is 13.1 Å². The van der Waals surface area contributed by atoms with Crippen LogP contribution in [-0.4, -0.2) is 34.4 Å². The minimum atomic E-state index is 0.617. The third-order valence-electron chi connectivity index (χ3n) is 3.90. The Morgan fingerprint density at radius 2 is 2.12 bits per heavy atom. The fourth-order valence-corrected chi connectivity index (χ4v) is 3.33. The number of aromatic nitrogens is 2. The van der Waals surface area contributed by atoms with Gasteiger partial charge in [-0.2, -0.15) is 0 Å². The minimum absolute atomic E-state index is 0.617. The van der Waals surface area contributed by atoms with Gasteiger partial charge in [0.2, 0.25) is 0 Å². The van der Waals surface area contributed by atoms with Crippen LogP contribution < -0.4 is 5.32 Å². The fraction of sp³-hybridized carbons (Fsp3) is 0.316. The number of aliphatic imine (C=N–C) groups is 1. The average molecular weight is 353 g/mol. The zero-order valence-electron chi connectivity index (χ0n) is 14.9. The van der Waals surface area contributed by atoms with Gasteiger partial charge in [-0.25, -0.2) is 9.98 Å². The third-order valence-corrected chi connectivity index (χ3v) is 4.72. The van der Waals surface area contributed by atoms with Gasteiger partial charge >= 0.3 is 0 Å². The molecule has 0 aliphatic rings. The van der Waals surface area contributed by atoms with E-state index in [1.807, 2.05) is 44.4 Å². The van der Waals surface area contributed by atoms with Crippen LogP contribution in [0.3, 0.4) is 0 Å². The molecule has 1 N–H and O–H groups in total. The van der Waals surface area contributed by atoms with E-state index in [1.165, 1.54) is 5.56 Å². The summed E-state index contributed by atoms with van der Waals surface area (Å²) in [4.78, 5) is 15.9. The van der Waals surface area contributed by atoms with Crippen LogP contribution in [0.25, 0.3) is 10.9 Å². The average Bonchev–Trinajstić information content (AvgIpc) is 3.03. The van der Waals surface area contributed by atoms with Gasteiger partial charge in [0.05, 0.1) is 29.3 Å². The lowest BCUT2D eigenvalue weighted by Gasteiger charge is -2.21. The number of benzene rings is 1. The molecule has 0 aliphatic carbocycles. The Morgan fingerprint density at radius 1 is 1.28 bits per heavy atom. The minimum Gasteiger partial charge on any atom is -0.357 e. The number of nitrogens with zero attached hydrogens (tertiary/aromatic N) is 4. The van der Waals surface area contributed by atoms with Gasteiger partial charge in [0.25, 0.3) is 0 Å². The molecule has 2 aromatic heterocycles. The molecular formula is C19H23N5S. The molecule has 0 amide bonds. The maximum absolute atomic E-state index is 4.82. The van der Waals surface area contributed by atoms with E-state index in [0.717, 1.165) is 40.7 Å². The number of pyridine rings is 1. The van der Waals surface area contributed by atoms with Crippen molar-refractivity contribution >= 4 is 28.2 Å². The number of nitrogens with one attached hydrogen (secondary N) is 1. The fourth-order valence-electron chi connectivity index (χ4n) is 2.72. The highest BCUT2D eigenvalue weighted by Gasteiger charge is 2.09. The lowest BCUT2D eigenvalue weighted by atomic mass is 10.1. The maximum atomic E-state index is 4.82. The zero-order chi connectivity index (χ0) is 17.6. The summed E-state index contributed by atoms with van der Waals surface area (Å²) in [6, 6.07) is 10.2. The molecule has 2 heterocycles. The van der Waals surface area contributed by atoms with Crippen LogP contribution in [0.1, 0.15) is 23.2 Å². The smallest absolute Gasteiger partial charge is 0.194 e. The highest BCUT2D eigenvalue weighted by atomic mass is 32.1. The first-order chi connectivity index (χ1) is 12.2. The molecule has 3 aromatic rings. The number of hydrogen-bond donors (Lipinski definition) is 1. The van der Waals surface area contributed by atoms with Crippen LogP contribution in [0.5, 0.6) is 0 Å². The molecule has 0 spiro atoms. The topological polar surface area (TPSA) is 53.4 Å². The predicted octanol–water partition coefficient (Wildman–Crippen LogP) is 3.60. The summed E-state index contributed by atoms with van der Waals surface area (Å²) in [5.74, 6) is 0.883. The van der Waals surface area contributed by atoms with E-state index in [-0.39, 0.29) is 0 Å². The number of fused-ring (bicyclic) bond motifs is 1. The first-order valence-electron chi connectivity index (χ1n) is 8.40. The first-order valence-corrected chi connectivity index (χ1v) is 9.28. The van der Waals surface area contributed by atoms with Crippen molar-refractivity contribution < 1.29 is 0 Å². The van der Waals surface area contributed by atoms with Gasteiger partial charge in [-0.05, 0) is 31.5 Å². The summed E-state index contributed by atoms with van der Waals surface area (Å²) in [7, 11) is 2.04. The number of para-hydroxylation sites is 1. The van der Waals surface area contributed by atoms with Crippen molar-refractivity contribution in [2.24, 2.45) is 4.99 Å². The van der Waals surface area contributed by atoms with Crippen LogP contribution >= 0.6 is 11.3 Å². The molecule has 0 saturated heterocycles. The standard InChI is InChI=1S/C19H23N5S/c1-4-20-19(24(3)12-16-13-25-14(2)23-16)22-11-15-9-10-21-18-8-6-5-7-17(15)18/h5-10,13H,4,11-12H2,1-3H3,(H,20,22). The zero-order valence-corrected chi connectivity index (χ0v) is 15.7. The van der Waals surface area contributed by atoms with Crippen molar-refractivity contribution in [2.75, 3.05) is 13.6 Å². The number of rotatable bonds is 5. The van der Waals surface area contributed by atoms with E-state index in [0.29, 0.717) is 6.54 Å². The molecule has 6 heteroatoms. The van der Waals surface area contributed by atoms with Gasteiger partial charge in [0.15, 0.2) is 5.96 Å². The summed E-state index contributed by atoms with van der Waals surface area (Å²) < 4.78 is 0. The molecule has 0 aliphatic heterocycles. The highest BCUT2D eigenvalue weighted by molar-refractivity contribution is 7.09. The van der Waals surface area contributed by atoms with Crippen molar-refractivity contribution in [3.63, 3.8) is 0 Å². The molecule has 25 heavy (non-hydrogen) atoms. The molecule has 5 nitrogen and oxygen atoms in total. The highest BCUT2D eigenvalue weighted by Crippen LogP contribution is 2.17. The molecule has 0 fully saturated rings. The number of guanidine groups is 1. The number of aryl methyl sites for hydroxylation is 1. The largest absolute Gasteiger partial charge is 0.357 e. The normalized spacial score (nSPS) is 11.7. The molecular weight excluding hydrogens is 330 g/mol. The van der Waals surface area contributed by atoms with Crippen LogP contribution in [0.4, 0.5) is 0 Å². The van der Waals surface area contributed by atoms with Crippen molar-refractivity contribution in [3.05, 3.63) is 58.2 Å². The van der Waals surface area contributed by atoms with Crippen molar-refractivity contribution in [1.82, 2.24) is 20.2 Å². The van der Waals surface area contributed by atoms with Crippen LogP contribution in [0, 0.1) is 6.92 Å². The summed E-state index contributed by atoms with van der Waals surface area (Å²) in [6.45, 7) is 6.30. The second kappa shape index (κ2) is 8.07. The Morgan fingerprint density at radius 3 is 2.88 bits per heavy atom. The SMILES string of the molecule is CCNC(=NCc1ccnc2ccccc12)N(C)Cc1csc(C)n1. The van der Waals surface area contributed by atoms with E-state index >= 15 is 0 Å². The second-order valence-electron chi connectivity index (χ2n) is 5.87. The Bertz CT molecular complexity index is 866. The van der Waals surface area contributed by atoms with Crippen LogP contribution in [0.15, 0.2) is 46.9 Å². The van der Waals surface area contributed by atoms with E-state index in [2.05, 4.69) is 38.6 Å². The number of hydrogen-bond acceptors (Lipinski definition) is 4. The lowest BCUT2D eigenvalue weighted by Crippen LogP contribution is -2.38. The van der Waals surface area contributed by atoms with Gasteiger partial charge in [-0.3, -0.25) is 4.98 Å². The lowest BCUT2D eigenvalue weighted by molar-refractivity contribution is 0.471. The van der Waals surface area contributed by atoms with Gasteiger partial charge < -0.3 is 10.2 Å². The van der Waals surface area contributed by atoms with Gasteiger partial charge in [0, 0.05) is 30.6 Å². The molecule has 3 rings (SSSR count). The summed E-state index contributed by atoms with van der Waals surface area (Å²) in [5.41, 5.74) is 3.26. The molecule has 130 valence electrons. The predicted molar refractivity (Wildman–Crippen MR) is 105 cm³/mol. The van der Waals surface area contributed by atoms with E-state index in [4.69, 9.17) is 4.99 Å². The molecule has 0 unspecified atom stereocenters. The molecule has 0 radical (unpaired) electrons. The Kier molecular flexibility index (Phi) is 5.60. The van der Waals surface area contributed by atoms with Gasteiger partial charge in [-0.1, -0.05) is 18.2 Å². The summed E-state index contributed by atoms with van der Waals surface area (Å²) in [6.07, 6.45) is 1.85. The Labute approximate surface area is 152 Å². The summed E-state index contributed by atoms with van der Waals surface area (Å²) >= 11 is 1.68. The van der Waals surface area contributed by atoms with Crippen molar-refractivity contribution in [2.45, 2.75) is 26.9 Å². The van der Waals surface area contributed by atoms with Crippen molar-refractivity contribution in [1.29, 1.82) is 0 Å². The van der Waals surface area contributed by atoms with Gasteiger partial charge in [0.1, 0.15) is 0 Å². The molecule has 1 aromatic carbocycles. The van der Waals surface area contributed by atoms with E-state index in [9.17, 15) is 0 Å². The van der Waals surface area contributed by atoms with E-state index in [1.54, 1.807) is 11.3 Å². The van der Waals surface area contributed by atoms with E-state index < -0.39 is 0 Å². The monoisotopic (exact) mass is 353 g/mol.